The molecule has 0 spiro atoms. The molecule has 124 valence electrons. The van der Waals surface area contributed by atoms with Gasteiger partial charge in [0.2, 0.25) is 0 Å². The first-order chi connectivity index (χ1) is 11.5. The van der Waals surface area contributed by atoms with Gasteiger partial charge in [-0.2, -0.15) is 0 Å². The zero-order valence-corrected chi connectivity index (χ0v) is 14.4. The number of carbonyl (C=O) groups excluding carboxylic acids is 1. The van der Waals surface area contributed by atoms with Gasteiger partial charge in [0.25, 0.3) is 5.91 Å². The summed E-state index contributed by atoms with van der Waals surface area (Å²) in [6.07, 6.45) is 4.36. The van der Waals surface area contributed by atoms with Crippen molar-refractivity contribution in [3.8, 4) is 11.8 Å². The fourth-order valence-electron chi connectivity index (χ4n) is 3.23. The smallest absolute Gasteiger partial charge is 0.296 e. The van der Waals surface area contributed by atoms with Gasteiger partial charge in [0.15, 0.2) is 0 Å². The van der Waals surface area contributed by atoms with Crippen molar-refractivity contribution in [2.24, 2.45) is 0 Å². The maximum Gasteiger partial charge on any atom is 0.296 e. The minimum atomic E-state index is -0.311. The number of fused-ring (bicyclic) bond motifs is 1. The third-order valence-electron chi connectivity index (χ3n) is 4.27. The molecule has 0 saturated heterocycles. The second-order valence-corrected chi connectivity index (χ2v) is 6.33. The molecule has 5 heteroatoms. The lowest BCUT2D eigenvalue weighted by atomic mass is 9.89. The zero-order chi connectivity index (χ0) is 17.3. The van der Waals surface area contributed by atoms with E-state index in [9.17, 15) is 9.18 Å². The van der Waals surface area contributed by atoms with Crippen LogP contribution in [0.15, 0.2) is 18.2 Å². The van der Waals surface area contributed by atoms with Crippen LogP contribution in [0.5, 0.6) is 0 Å². The lowest BCUT2D eigenvalue weighted by molar-refractivity contribution is -0.116. The third-order valence-corrected chi connectivity index (χ3v) is 4.74. The predicted molar refractivity (Wildman–Crippen MR) is 95.2 cm³/mol. The first kappa shape index (κ1) is 16.6. The highest BCUT2D eigenvalue weighted by atomic mass is 35.5. The summed E-state index contributed by atoms with van der Waals surface area (Å²) in [5, 5.41) is 4.11. The standard InChI is InChI=1S/C19H18ClFN2O/c1-3-5-16(24)23-13-7-4-6-12(10-13)17-14(21)8-9-15-18(17)19(20)11(2)22-15/h8-10,13,22H,4,6-7H2,1-2H3,(H,23,24)/t13-/m0/s1. The molecule has 0 bridgehead atoms. The Kier molecular flexibility index (Phi) is 4.64. The van der Waals surface area contributed by atoms with Crippen LogP contribution in [-0.2, 0) is 4.79 Å². The van der Waals surface area contributed by atoms with Crippen LogP contribution in [0.3, 0.4) is 0 Å². The summed E-state index contributed by atoms with van der Waals surface area (Å²) in [5.41, 5.74) is 3.04. The van der Waals surface area contributed by atoms with Gasteiger partial charge in [-0.3, -0.25) is 4.79 Å². The number of aromatic nitrogens is 1. The molecule has 1 heterocycles. The minimum Gasteiger partial charge on any atom is -0.357 e. The van der Waals surface area contributed by atoms with E-state index in [-0.39, 0.29) is 17.8 Å². The lowest BCUT2D eigenvalue weighted by Gasteiger charge is -2.22. The highest BCUT2D eigenvalue weighted by molar-refractivity contribution is 6.37. The van der Waals surface area contributed by atoms with Crippen LogP contribution in [0.2, 0.25) is 5.02 Å². The molecule has 3 rings (SSSR count). The van der Waals surface area contributed by atoms with Crippen molar-refractivity contribution in [3.63, 3.8) is 0 Å². The Morgan fingerprint density at radius 1 is 1.46 bits per heavy atom. The molecule has 0 fully saturated rings. The lowest BCUT2D eigenvalue weighted by Crippen LogP contribution is -2.33. The first-order valence-electron chi connectivity index (χ1n) is 7.92. The van der Waals surface area contributed by atoms with Crippen LogP contribution in [0.4, 0.5) is 4.39 Å². The number of allylic oxidation sites excluding steroid dienone is 1. The van der Waals surface area contributed by atoms with E-state index >= 15 is 0 Å². The molecular formula is C19H18ClFN2O. The highest BCUT2D eigenvalue weighted by Crippen LogP contribution is 2.38. The number of aryl methyl sites for hydroxylation is 1. The predicted octanol–water partition coefficient (Wildman–Crippen LogP) is 4.34. The number of nitrogens with one attached hydrogen (secondary N) is 2. The molecule has 1 atom stereocenters. The van der Waals surface area contributed by atoms with E-state index in [0.717, 1.165) is 36.0 Å². The van der Waals surface area contributed by atoms with E-state index in [1.54, 1.807) is 13.0 Å². The summed E-state index contributed by atoms with van der Waals surface area (Å²) < 4.78 is 14.6. The number of benzene rings is 1. The second kappa shape index (κ2) is 6.70. The molecule has 0 saturated carbocycles. The molecule has 1 aliphatic rings. The third kappa shape index (κ3) is 3.05. The van der Waals surface area contributed by atoms with E-state index in [1.165, 1.54) is 6.07 Å². The van der Waals surface area contributed by atoms with Crippen molar-refractivity contribution in [1.82, 2.24) is 10.3 Å². The van der Waals surface area contributed by atoms with Crippen LogP contribution < -0.4 is 5.32 Å². The Balaban J connectivity index is 2.05. The zero-order valence-electron chi connectivity index (χ0n) is 13.6. The van der Waals surface area contributed by atoms with Crippen molar-refractivity contribution in [1.29, 1.82) is 0 Å². The van der Waals surface area contributed by atoms with Gasteiger partial charge in [-0.15, -0.1) is 0 Å². The van der Waals surface area contributed by atoms with Gasteiger partial charge in [0.05, 0.1) is 5.02 Å². The van der Waals surface area contributed by atoms with Crippen molar-refractivity contribution >= 4 is 34.0 Å². The molecular weight excluding hydrogens is 327 g/mol. The number of hydrogen-bond acceptors (Lipinski definition) is 1. The van der Waals surface area contributed by atoms with Crippen LogP contribution in [-0.4, -0.2) is 16.9 Å². The Morgan fingerprint density at radius 2 is 2.25 bits per heavy atom. The Bertz CT molecular complexity index is 901. The fraction of sp³-hybridized carbons (Fsp3) is 0.316. The minimum absolute atomic E-state index is 0.143. The van der Waals surface area contributed by atoms with E-state index < -0.39 is 0 Å². The number of amides is 1. The van der Waals surface area contributed by atoms with Gasteiger partial charge >= 0.3 is 0 Å². The number of hydrogen-bond donors (Lipinski definition) is 2. The number of aromatic amines is 1. The van der Waals surface area contributed by atoms with Gasteiger partial charge < -0.3 is 10.3 Å². The molecule has 24 heavy (non-hydrogen) atoms. The molecule has 1 aromatic carbocycles. The topological polar surface area (TPSA) is 44.9 Å². The fourth-order valence-corrected chi connectivity index (χ4v) is 3.47. The van der Waals surface area contributed by atoms with Gasteiger partial charge in [-0.1, -0.05) is 23.6 Å². The van der Waals surface area contributed by atoms with Crippen molar-refractivity contribution in [2.45, 2.75) is 39.2 Å². The molecule has 0 unspecified atom stereocenters. The molecule has 1 aromatic heterocycles. The van der Waals surface area contributed by atoms with Crippen molar-refractivity contribution < 1.29 is 9.18 Å². The van der Waals surface area contributed by atoms with Crippen molar-refractivity contribution in [3.05, 3.63) is 40.3 Å². The van der Waals surface area contributed by atoms with E-state index in [4.69, 9.17) is 11.6 Å². The van der Waals surface area contributed by atoms with E-state index in [2.05, 4.69) is 22.1 Å². The SMILES string of the molecule is CC#CC(=O)N[C@@H]1C=C(c2c(F)ccc3[nH]c(C)c(Cl)c23)CCC1. The van der Waals surface area contributed by atoms with Crippen LogP contribution >= 0.6 is 11.6 Å². The van der Waals surface area contributed by atoms with Crippen LogP contribution in [0, 0.1) is 24.6 Å². The van der Waals surface area contributed by atoms with Crippen LogP contribution in [0.1, 0.15) is 37.4 Å². The number of carbonyl (C=O) groups is 1. The summed E-state index contributed by atoms with van der Waals surface area (Å²) in [7, 11) is 0. The van der Waals surface area contributed by atoms with Gasteiger partial charge in [0.1, 0.15) is 5.82 Å². The Labute approximate surface area is 145 Å². The monoisotopic (exact) mass is 344 g/mol. The molecule has 0 radical (unpaired) electrons. The molecule has 3 nitrogen and oxygen atoms in total. The quantitative estimate of drug-likeness (QED) is 0.782. The van der Waals surface area contributed by atoms with E-state index in [1.807, 2.05) is 13.0 Å². The maximum absolute atomic E-state index is 14.6. The largest absolute Gasteiger partial charge is 0.357 e. The normalized spacial score (nSPS) is 17.2. The molecule has 2 aromatic rings. The molecule has 1 aliphatic carbocycles. The van der Waals surface area contributed by atoms with Gasteiger partial charge in [-0.25, -0.2) is 4.39 Å². The molecule has 2 N–H and O–H groups in total. The highest BCUT2D eigenvalue weighted by Gasteiger charge is 2.22. The van der Waals surface area contributed by atoms with Gasteiger partial charge in [-0.05, 0) is 56.7 Å². The summed E-state index contributed by atoms with van der Waals surface area (Å²) in [5.74, 6) is 4.44. The summed E-state index contributed by atoms with van der Waals surface area (Å²) in [6.45, 7) is 3.49. The Morgan fingerprint density at radius 3 is 3.00 bits per heavy atom. The second-order valence-electron chi connectivity index (χ2n) is 5.95. The first-order valence-corrected chi connectivity index (χ1v) is 8.29. The average molecular weight is 345 g/mol. The Hall–Kier alpha value is -2.25. The van der Waals surface area contributed by atoms with Gasteiger partial charge in [0, 0.05) is 28.2 Å². The average Bonchev–Trinajstić information content (AvgIpc) is 2.83. The van der Waals surface area contributed by atoms with Crippen molar-refractivity contribution in [2.75, 3.05) is 0 Å². The molecule has 1 amide bonds. The summed E-state index contributed by atoms with van der Waals surface area (Å²) >= 11 is 6.39. The number of H-pyrrole nitrogens is 1. The molecule has 0 aliphatic heterocycles. The summed E-state index contributed by atoms with van der Waals surface area (Å²) in [6, 6.07) is 3.01. The maximum atomic E-state index is 14.6. The summed E-state index contributed by atoms with van der Waals surface area (Å²) in [4.78, 5) is 14.9. The number of rotatable bonds is 2. The van der Waals surface area contributed by atoms with Crippen LogP contribution in [0.25, 0.3) is 16.5 Å². The number of halogens is 2. The van der Waals surface area contributed by atoms with E-state index in [0.29, 0.717) is 16.0 Å².